The van der Waals surface area contributed by atoms with Gasteiger partial charge in [0, 0.05) is 17.5 Å². The van der Waals surface area contributed by atoms with E-state index in [2.05, 4.69) is 55.7 Å². The fourth-order valence-corrected chi connectivity index (χ4v) is 4.21. The molecule has 1 heterocycles. The van der Waals surface area contributed by atoms with Gasteiger partial charge in [0.1, 0.15) is 0 Å². The van der Waals surface area contributed by atoms with Crippen LogP contribution < -0.4 is 5.32 Å². The van der Waals surface area contributed by atoms with Gasteiger partial charge in [-0.15, -0.1) is 11.3 Å². The number of likely N-dealkylation sites (N-methyl/N-ethyl adjacent to an activating group) is 1. The molecule has 3 heteroatoms. The first kappa shape index (κ1) is 16.0. The zero-order valence-corrected chi connectivity index (χ0v) is 14.2. The molecule has 1 aliphatic carbocycles. The molecule has 0 aliphatic heterocycles. The van der Waals surface area contributed by atoms with Crippen LogP contribution in [0, 0.1) is 11.8 Å². The number of nitrogens with one attached hydrogen (secondary N) is 1. The summed E-state index contributed by atoms with van der Waals surface area (Å²) in [6, 6.07) is 5.65. The molecule has 1 saturated carbocycles. The SMILES string of the molecule is CC(C)C1CCC(NCC(c2cccs2)N(C)C)CC1. The van der Waals surface area contributed by atoms with E-state index in [4.69, 9.17) is 0 Å². The Labute approximate surface area is 128 Å². The molecule has 0 amide bonds. The molecule has 1 atom stereocenters. The van der Waals surface area contributed by atoms with Crippen molar-refractivity contribution in [2.75, 3.05) is 20.6 Å². The van der Waals surface area contributed by atoms with Crippen LogP contribution in [0.2, 0.25) is 0 Å². The highest BCUT2D eigenvalue weighted by molar-refractivity contribution is 7.10. The van der Waals surface area contributed by atoms with Gasteiger partial charge in [0.2, 0.25) is 0 Å². The Balaban J connectivity index is 1.80. The van der Waals surface area contributed by atoms with Crippen LogP contribution in [0.25, 0.3) is 0 Å². The molecule has 1 unspecified atom stereocenters. The van der Waals surface area contributed by atoms with Crippen molar-refractivity contribution in [2.24, 2.45) is 11.8 Å². The van der Waals surface area contributed by atoms with Gasteiger partial charge in [-0.3, -0.25) is 0 Å². The van der Waals surface area contributed by atoms with Crippen molar-refractivity contribution >= 4 is 11.3 Å². The third-order valence-corrected chi connectivity index (χ3v) is 5.78. The van der Waals surface area contributed by atoms with Crippen molar-refractivity contribution < 1.29 is 0 Å². The first-order valence-electron chi connectivity index (χ1n) is 8.01. The van der Waals surface area contributed by atoms with E-state index in [1.165, 1.54) is 30.6 Å². The Morgan fingerprint density at radius 2 is 1.95 bits per heavy atom. The van der Waals surface area contributed by atoms with E-state index in [0.29, 0.717) is 6.04 Å². The van der Waals surface area contributed by atoms with Gasteiger partial charge >= 0.3 is 0 Å². The first-order chi connectivity index (χ1) is 9.58. The van der Waals surface area contributed by atoms with E-state index in [1.807, 2.05) is 11.3 Å². The maximum atomic E-state index is 3.82. The lowest BCUT2D eigenvalue weighted by atomic mass is 9.79. The molecule has 1 fully saturated rings. The topological polar surface area (TPSA) is 15.3 Å². The zero-order chi connectivity index (χ0) is 14.5. The lowest BCUT2D eigenvalue weighted by Crippen LogP contribution is -2.39. The predicted molar refractivity (Wildman–Crippen MR) is 89.3 cm³/mol. The van der Waals surface area contributed by atoms with Crippen LogP contribution in [0.15, 0.2) is 17.5 Å². The van der Waals surface area contributed by atoms with Gasteiger partial charge in [-0.05, 0) is 63.1 Å². The second-order valence-electron chi connectivity index (χ2n) is 6.76. The second kappa shape index (κ2) is 7.58. The second-order valence-corrected chi connectivity index (χ2v) is 7.74. The van der Waals surface area contributed by atoms with E-state index < -0.39 is 0 Å². The molecule has 1 aromatic rings. The summed E-state index contributed by atoms with van der Waals surface area (Å²) in [7, 11) is 4.36. The van der Waals surface area contributed by atoms with Crippen LogP contribution in [0.5, 0.6) is 0 Å². The first-order valence-corrected chi connectivity index (χ1v) is 8.89. The highest BCUT2D eigenvalue weighted by Gasteiger charge is 2.24. The van der Waals surface area contributed by atoms with Gasteiger partial charge in [0.15, 0.2) is 0 Å². The Kier molecular flexibility index (Phi) is 6.06. The van der Waals surface area contributed by atoms with Gasteiger partial charge in [0.25, 0.3) is 0 Å². The normalized spacial score (nSPS) is 25.3. The molecule has 2 rings (SSSR count). The average molecular weight is 295 g/mol. The maximum Gasteiger partial charge on any atom is 0.0561 e. The van der Waals surface area contributed by atoms with Crippen LogP contribution in [0.4, 0.5) is 0 Å². The molecule has 0 radical (unpaired) electrons. The van der Waals surface area contributed by atoms with Crippen molar-refractivity contribution in [3.8, 4) is 0 Å². The summed E-state index contributed by atoms with van der Waals surface area (Å²) in [6.45, 7) is 5.82. The van der Waals surface area contributed by atoms with Gasteiger partial charge in [-0.2, -0.15) is 0 Å². The molecule has 1 N–H and O–H groups in total. The number of hydrogen-bond acceptors (Lipinski definition) is 3. The van der Waals surface area contributed by atoms with Crippen molar-refractivity contribution in [3.63, 3.8) is 0 Å². The summed E-state index contributed by atoms with van der Waals surface area (Å²) in [5.74, 6) is 1.81. The smallest absolute Gasteiger partial charge is 0.0561 e. The summed E-state index contributed by atoms with van der Waals surface area (Å²) in [4.78, 5) is 3.80. The van der Waals surface area contributed by atoms with Crippen LogP contribution in [-0.4, -0.2) is 31.6 Å². The molecule has 0 bridgehead atoms. The average Bonchev–Trinajstić information content (AvgIpc) is 2.93. The summed E-state index contributed by atoms with van der Waals surface area (Å²) >= 11 is 1.87. The van der Waals surface area contributed by atoms with E-state index in [1.54, 1.807) is 0 Å². The van der Waals surface area contributed by atoms with Crippen LogP contribution >= 0.6 is 11.3 Å². The fraction of sp³-hybridized carbons (Fsp3) is 0.765. The Morgan fingerprint density at radius 1 is 1.25 bits per heavy atom. The molecular weight excluding hydrogens is 264 g/mol. The Morgan fingerprint density at radius 3 is 2.45 bits per heavy atom. The van der Waals surface area contributed by atoms with Gasteiger partial charge in [-0.25, -0.2) is 0 Å². The molecule has 0 spiro atoms. The summed E-state index contributed by atoms with van der Waals surface area (Å²) in [6.07, 6.45) is 5.52. The molecule has 20 heavy (non-hydrogen) atoms. The van der Waals surface area contributed by atoms with Crippen LogP contribution in [-0.2, 0) is 0 Å². The molecule has 2 nitrogen and oxygen atoms in total. The van der Waals surface area contributed by atoms with E-state index in [-0.39, 0.29) is 0 Å². The number of hydrogen-bond donors (Lipinski definition) is 1. The van der Waals surface area contributed by atoms with Crippen LogP contribution in [0.3, 0.4) is 0 Å². The number of nitrogens with zero attached hydrogens (tertiary/aromatic N) is 1. The quantitative estimate of drug-likeness (QED) is 0.847. The minimum atomic E-state index is 0.512. The van der Waals surface area contributed by atoms with E-state index in [0.717, 1.165) is 24.4 Å². The van der Waals surface area contributed by atoms with Crippen LogP contribution in [0.1, 0.15) is 50.4 Å². The van der Waals surface area contributed by atoms with Crippen molar-refractivity contribution in [1.29, 1.82) is 0 Å². The summed E-state index contributed by atoms with van der Waals surface area (Å²) < 4.78 is 0. The molecule has 1 aromatic heterocycles. The Bertz CT molecular complexity index is 364. The number of rotatable bonds is 6. The molecule has 0 aromatic carbocycles. The third-order valence-electron chi connectivity index (χ3n) is 4.81. The summed E-state index contributed by atoms with van der Waals surface area (Å²) in [5.41, 5.74) is 0. The molecular formula is C17H30N2S. The molecule has 0 saturated heterocycles. The monoisotopic (exact) mass is 294 g/mol. The predicted octanol–water partition coefficient (Wildman–Crippen LogP) is 4.16. The third kappa shape index (κ3) is 4.31. The van der Waals surface area contributed by atoms with E-state index in [9.17, 15) is 0 Å². The van der Waals surface area contributed by atoms with Crippen molar-refractivity contribution in [3.05, 3.63) is 22.4 Å². The maximum absolute atomic E-state index is 3.82. The standard InChI is InChI=1S/C17H30N2S/c1-13(2)14-7-9-15(10-8-14)18-12-16(19(3)4)17-6-5-11-20-17/h5-6,11,13-16,18H,7-10,12H2,1-4H3. The molecule has 114 valence electrons. The zero-order valence-electron chi connectivity index (χ0n) is 13.4. The minimum absolute atomic E-state index is 0.512. The number of thiophene rings is 1. The summed E-state index contributed by atoms with van der Waals surface area (Å²) in [5, 5.41) is 6.00. The highest BCUT2D eigenvalue weighted by atomic mass is 32.1. The fourth-order valence-electron chi connectivity index (χ4n) is 3.29. The minimum Gasteiger partial charge on any atom is -0.312 e. The van der Waals surface area contributed by atoms with Crippen molar-refractivity contribution in [2.45, 2.75) is 51.6 Å². The van der Waals surface area contributed by atoms with Gasteiger partial charge in [-0.1, -0.05) is 19.9 Å². The Hall–Kier alpha value is -0.380. The van der Waals surface area contributed by atoms with Gasteiger partial charge < -0.3 is 10.2 Å². The highest BCUT2D eigenvalue weighted by Crippen LogP contribution is 2.30. The van der Waals surface area contributed by atoms with E-state index >= 15 is 0 Å². The van der Waals surface area contributed by atoms with Crippen molar-refractivity contribution in [1.82, 2.24) is 10.2 Å². The van der Waals surface area contributed by atoms with Gasteiger partial charge in [0.05, 0.1) is 6.04 Å². The molecule has 1 aliphatic rings. The largest absolute Gasteiger partial charge is 0.312 e. The lowest BCUT2D eigenvalue weighted by molar-refractivity contribution is 0.221. The lowest BCUT2D eigenvalue weighted by Gasteiger charge is -2.33.